The number of fused-ring (bicyclic) bond motifs is 1. The van der Waals surface area contributed by atoms with Crippen molar-refractivity contribution in [1.82, 2.24) is 24.1 Å². The summed E-state index contributed by atoms with van der Waals surface area (Å²) in [4.78, 5) is 4.78. The Balaban J connectivity index is 1.16. The summed E-state index contributed by atoms with van der Waals surface area (Å²) in [5.41, 5.74) is 5.22. The molecule has 1 aliphatic rings. The summed E-state index contributed by atoms with van der Waals surface area (Å²) in [5, 5.41) is 6.85. The van der Waals surface area contributed by atoms with Gasteiger partial charge >= 0.3 is 0 Å². The molecule has 0 bridgehead atoms. The number of H-pyrrole nitrogens is 1. The van der Waals surface area contributed by atoms with Crippen LogP contribution in [0.15, 0.2) is 61.1 Å². The molecule has 154 valence electrons. The fourth-order valence-electron chi connectivity index (χ4n) is 4.11. The first-order valence-electron chi connectivity index (χ1n) is 10.3. The minimum Gasteiger partial charge on any atom is -0.346 e. The second-order valence-electron chi connectivity index (χ2n) is 7.81. The lowest BCUT2D eigenvalue weighted by atomic mass is 10.1. The average Bonchev–Trinajstić information content (AvgIpc) is 3.50. The van der Waals surface area contributed by atoms with E-state index < -0.39 is 0 Å². The molecule has 1 aromatic carbocycles. The zero-order valence-electron chi connectivity index (χ0n) is 16.7. The number of benzene rings is 1. The molecular weight excluding hydrogens is 397 g/mol. The number of aryl methyl sites for hydroxylation is 1. The summed E-state index contributed by atoms with van der Waals surface area (Å²) in [6.07, 6.45) is 7.91. The third kappa shape index (κ3) is 4.27. The van der Waals surface area contributed by atoms with Gasteiger partial charge in [-0.1, -0.05) is 24.1 Å². The van der Waals surface area contributed by atoms with Crippen LogP contribution in [-0.4, -0.2) is 42.9 Å². The van der Waals surface area contributed by atoms with Crippen LogP contribution in [0, 0.1) is 11.7 Å². The van der Waals surface area contributed by atoms with Crippen LogP contribution < -0.4 is 0 Å². The quantitative estimate of drug-likeness (QED) is 0.437. The van der Waals surface area contributed by atoms with Crippen molar-refractivity contribution in [1.29, 1.82) is 0 Å². The molecule has 0 aliphatic carbocycles. The van der Waals surface area contributed by atoms with Gasteiger partial charge in [0.1, 0.15) is 5.82 Å². The van der Waals surface area contributed by atoms with Crippen LogP contribution in [0.2, 0.25) is 0 Å². The van der Waals surface area contributed by atoms with E-state index in [1.165, 1.54) is 18.0 Å². The van der Waals surface area contributed by atoms with E-state index in [-0.39, 0.29) is 5.82 Å². The Morgan fingerprint density at radius 1 is 1.20 bits per heavy atom. The lowest BCUT2D eigenvalue weighted by Gasteiger charge is -2.16. The van der Waals surface area contributed by atoms with E-state index in [9.17, 15) is 4.39 Å². The van der Waals surface area contributed by atoms with Crippen LogP contribution in [0.4, 0.5) is 4.39 Å². The normalized spacial score (nSPS) is 17.2. The highest BCUT2D eigenvalue weighted by Gasteiger charge is 2.23. The van der Waals surface area contributed by atoms with E-state index in [1.807, 2.05) is 24.2 Å². The van der Waals surface area contributed by atoms with E-state index in [2.05, 4.69) is 43.5 Å². The number of nitrogens with zero attached hydrogens (tertiary/aromatic N) is 4. The highest BCUT2D eigenvalue weighted by molar-refractivity contribution is 7.97. The Kier molecular flexibility index (Phi) is 5.55. The summed E-state index contributed by atoms with van der Waals surface area (Å²) in [6.45, 7) is 3.21. The predicted octanol–water partition coefficient (Wildman–Crippen LogP) is 4.78. The fraction of sp³-hybridized carbons (Fsp3) is 0.304. The number of aromatic amines is 1. The van der Waals surface area contributed by atoms with Crippen molar-refractivity contribution >= 4 is 23.0 Å². The molecule has 0 amide bonds. The SMILES string of the molecule is Fc1cccc(CCSN2CCC(Cn3ccc4nc(-c5cn[nH]c5)ccc43)C2)c1. The topological polar surface area (TPSA) is 49.7 Å². The van der Waals surface area contributed by atoms with Gasteiger partial charge in [0.25, 0.3) is 0 Å². The number of nitrogens with one attached hydrogen (secondary N) is 1. The maximum atomic E-state index is 13.3. The highest BCUT2D eigenvalue weighted by Crippen LogP contribution is 2.27. The van der Waals surface area contributed by atoms with Gasteiger partial charge in [-0.2, -0.15) is 5.10 Å². The molecule has 0 spiro atoms. The van der Waals surface area contributed by atoms with Gasteiger partial charge in [-0.3, -0.25) is 9.40 Å². The van der Waals surface area contributed by atoms with Crippen molar-refractivity contribution in [3.8, 4) is 11.3 Å². The second kappa shape index (κ2) is 8.62. The molecule has 4 heterocycles. The molecule has 1 N–H and O–H groups in total. The van der Waals surface area contributed by atoms with Crippen LogP contribution in [0.25, 0.3) is 22.3 Å². The lowest BCUT2D eigenvalue weighted by molar-refractivity contribution is 0.463. The smallest absolute Gasteiger partial charge is 0.123 e. The molecule has 1 saturated heterocycles. The Morgan fingerprint density at radius 3 is 3.03 bits per heavy atom. The summed E-state index contributed by atoms with van der Waals surface area (Å²) in [7, 11) is 0. The number of halogens is 1. The van der Waals surface area contributed by atoms with E-state index in [1.54, 1.807) is 18.3 Å². The third-order valence-electron chi connectivity index (χ3n) is 5.68. The van der Waals surface area contributed by atoms with Gasteiger partial charge in [-0.25, -0.2) is 9.37 Å². The highest BCUT2D eigenvalue weighted by atomic mass is 32.2. The molecular formula is C23H24FN5S. The number of aromatic nitrogens is 4. The number of rotatable bonds is 7. The molecule has 7 heteroatoms. The minimum absolute atomic E-state index is 0.149. The maximum Gasteiger partial charge on any atom is 0.123 e. The van der Waals surface area contributed by atoms with Gasteiger partial charge in [0, 0.05) is 43.3 Å². The molecule has 1 fully saturated rings. The second-order valence-corrected chi connectivity index (χ2v) is 8.99. The Labute approximate surface area is 179 Å². The van der Waals surface area contributed by atoms with E-state index in [0.29, 0.717) is 5.92 Å². The van der Waals surface area contributed by atoms with E-state index in [4.69, 9.17) is 4.98 Å². The first-order chi connectivity index (χ1) is 14.7. The molecule has 5 rings (SSSR count). The monoisotopic (exact) mass is 421 g/mol. The molecule has 0 saturated carbocycles. The fourth-order valence-corrected chi connectivity index (χ4v) is 5.25. The number of pyridine rings is 1. The molecule has 5 nitrogen and oxygen atoms in total. The summed E-state index contributed by atoms with van der Waals surface area (Å²) >= 11 is 1.89. The maximum absolute atomic E-state index is 13.3. The lowest BCUT2D eigenvalue weighted by Crippen LogP contribution is -2.16. The molecule has 30 heavy (non-hydrogen) atoms. The molecule has 0 radical (unpaired) electrons. The third-order valence-corrected chi connectivity index (χ3v) is 6.76. The van der Waals surface area contributed by atoms with Gasteiger partial charge in [-0.05, 0) is 54.7 Å². The summed E-state index contributed by atoms with van der Waals surface area (Å²) in [5.74, 6) is 1.48. The first kappa shape index (κ1) is 19.3. The Bertz CT molecular complexity index is 1120. The van der Waals surface area contributed by atoms with Crippen LogP contribution in [0.1, 0.15) is 12.0 Å². The Morgan fingerprint density at radius 2 is 2.17 bits per heavy atom. The van der Waals surface area contributed by atoms with Gasteiger partial charge in [0.2, 0.25) is 0 Å². The zero-order valence-corrected chi connectivity index (χ0v) is 17.5. The van der Waals surface area contributed by atoms with Crippen LogP contribution in [0.3, 0.4) is 0 Å². The number of hydrogen-bond acceptors (Lipinski definition) is 4. The standard InChI is InChI=1S/C23H24FN5S/c24-20-3-1-2-17(12-20)8-11-30-29-10-6-18(16-29)15-28-9-7-22-23(28)5-4-21(27-22)19-13-25-26-14-19/h1-5,7,9,12-14,18H,6,8,10-11,15-16H2,(H,25,26). The van der Waals surface area contributed by atoms with Crippen LogP contribution in [0.5, 0.6) is 0 Å². The molecule has 1 unspecified atom stereocenters. The minimum atomic E-state index is -0.149. The average molecular weight is 422 g/mol. The summed E-state index contributed by atoms with van der Waals surface area (Å²) in [6, 6.07) is 13.2. The molecule has 4 aromatic rings. The van der Waals surface area contributed by atoms with Gasteiger partial charge < -0.3 is 4.57 Å². The van der Waals surface area contributed by atoms with E-state index in [0.717, 1.165) is 54.1 Å². The predicted molar refractivity (Wildman–Crippen MR) is 120 cm³/mol. The molecule has 1 atom stereocenters. The van der Waals surface area contributed by atoms with Crippen molar-refractivity contribution in [3.05, 3.63) is 72.4 Å². The van der Waals surface area contributed by atoms with Crippen molar-refractivity contribution < 1.29 is 4.39 Å². The van der Waals surface area contributed by atoms with Crippen molar-refractivity contribution in [2.24, 2.45) is 5.92 Å². The molecule has 1 aliphatic heterocycles. The van der Waals surface area contributed by atoms with Crippen molar-refractivity contribution in [3.63, 3.8) is 0 Å². The van der Waals surface area contributed by atoms with Crippen molar-refractivity contribution in [2.75, 3.05) is 18.8 Å². The number of hydrogen-bond donors (Lipinski definition) is 1. The molecule has 3 aromatic heterocycles. The van der Waals surface area contributed by atoms with E-state index >= 15 is 0 Å². The van der Waals surface area contributed by atoms with Gasteiger partial charge in [0.05, 0.1) is 22.9 Å². The van der Waals surface area contributed by atoms with Gasteiger partial charge in [0.15, 0.2) is 0 Å². The largest absolute Gasteiger partial charge is 0.346 e. The van der Waals surface area contributed by atoms with Gasteiger partial charge in [-0.15, -0.1) is 0 Å². The summed E-state index contributed by atoms with van der Waals surface area (Å²) < 4.78 is 18.1. The van der Waals surface area contributed by atoms with Crippen molar-refractivity contribution in [2.45, 2.75) is 19.4 Å². The Hall–Kier alpha value is -2.64. The first-order valence-corrected chi connectivity index (χ1v) is 11.3. The zero-order chi connectivity index (χ0) is 20.3. The van der Waals surface area contributed by atoms with Crippen LogP contribution in [-0.2, 0) is 13.0 Å². The van der Waals surface area contributed by atoms with Crippen LogP contribution >= 0.6 is 11.9 Å².